The van der Waals surface area contributed by atoms with Gasteiger partial charge in [0.05, 0.1) is 34.7 Å². The summed E-state index contributed by atoms with van der Waals surface area (Å²) in [4.78, 5) is 18.7. The number of rotatable bonds is 3. The van der Waals surface area contributed by atoms with Crippen molar-refractivity contribution in [3.63, 3.8) is 0 Å². The second-order valence-corrected chi connectivity index (χ2v) is 11.4. The number of aryl methyl sites for hydroxylation is 1. The summed E-state index contributed by atoms with van der Waals surface area (Å²) in [5, 5.41) is 1.18. The third-order valence-corrected chi connectivity index (χ3v) is 8.66. The topological polar surface area (TPSA) is 66.8 Å². The van der Waals surface area contributed by atoms with E-state index in [9.17, 15) is 13.2 Å². The van der Waals surface area contributed by atoms with Crippen molar-refractivity contribution in [3.05, 3.63) is 63.6 Å². The predicted molar refractivity (Wildman–Crippen MR) is 120 cm³/mol. The van der Waals surface area contributed by atoms with E-state index in [2.05, 4.69) is 4.99 Å². The highest BCUT2D eigenvalue weighted by molar-refractivity contribution is 8.16. The van der Waals surface area contributed by atoms with Gasteiger partial charge in [-0.2, -0.15) is 4.99 Å². The highest BCUT2D eigenvalue weighted by atomic mass is 35.5. The van der Waals surface area contributed by atoms with Crippen LogP contribution in [0, 0.1) is 6.92 Å². The zero-order chi connectivity index (χ0) is 20.8. The van der Waals surface area contributed by atoms with Crippen molar-refractivity contribution < 1.29 is 13.2 Å². The number of amidine groups is 1. The Morgan fingerprint density at radius 1 is 1.21 bits per heavy atom. The van der Waals surface area contributed by atoms with Crippen molar-refractivity contribution in [2.75, 3.05) is 16.4 Å². The molecule has 0 aliphatic carbocycles. The lowest BCUT2D eigenvalue weighted by atomic mass is 10.1. The molecule has 0 spiro atoms. The van der Waals surface area contributed by atoms with Gasteiger partial charge in [-0.05, 0) is 30.7 Å². The number of anilines is 1. The minimum atomic E-state index is -3.15. The molecule has 2 heterocycles. The van der Waals surface area contributed by atoms with Crippen LogP contribution in [0.1, 0.15) is 11.1 Å². The number of amides is 1. The van der Waals surface area contributed by atoms with E-state index in [1.165, 1.54) is 11.8 Å². The van der Waals surface area contributed by atoms with Crippen molar-refractivity contribution in [1.82, 2.24) is 0 Å². The van der Waals surface area contributed by atoms with Gasteiger partial charge in [-0.1, -0.05) is 64.8 Å². The van der Waals surface area contributed by atoms with E-state index in [0.717, 1.165) is 11.1 Å². The molecule has 0 radical (unpaired) electrons. The maximum absolute atomic E-state index is 12.7. The van der Waals surface area contributed by atoms with Crippen LogP contribution in [0.3, 0.4) is 0 Å². The van der Waals surface area contributed by atoms with Crippen molar-refractivity contribution in [2.24, 2.45) is 4.99 Å². The number of halogens is 2. The number of benzene rings is 2. The van der Waals surface area contributed by atoms with Crippen molar-refractivity contribution in [1.29, 1.82) is 0 Å². The molecular formula is C20H18Cl2N2O3S2. The Kier molecular flexibility index (Phi) is 5.68. The maximum Gasteiger partial charge on any atom is 0.252 e. The quantitative estimate of drug-likeness (QED) is 0.676. The molecule has 2 atom stereocenters. The number of hydrogen-bond donors (Lipinski definition) is 0. The van der Waals surface area contributed by atoms with Crippen LogP contribution < -0.4 is 4.90 Å². The van der Waals surface area contributed by atoms with Crippen molar-refractivity contribution >= 4 is 61.6 Å². The van der Waals surface area contributed by atoms with E-state index in [-0.39, 0.29) is 35.1 Å². The molecule has 2 aromatic rings. The van der Waals surface area contributed by atoms with E-state index in [1.807, 2.05) is 31.2 Å². The van der Waals surface area contributed by atoms with Crippen LogP contribution in [0.4, 0.5) is 5.69 Å². The van der Waals surface area contributed by atoms with Gasteiger partial charge in [0.25, 0.3) is 5.91 Å². The third-order valence-electron chi connectivity index (χ3n) is 4.89. The molecule has 2 aliphatic heterocycles. The Bertz CT molecular complexity index is 1120. The lowest BCUT2D eigenvalue weighted by molar-refractivity contribution is -0.117. The molecule has 2 aliphatic rings. The van der Waals surface area contributed by atoms with E-state index in [0.29, 0.717) is 20.9 Å². The van der Waals surface area contributed by atoms with Crippen molar-refractivity contribution in [3.8, 4) is 0 Å². The highest BCUT2D eigenvalue weighted by Crippen LogP contribution is 2.43. The van der Waals surface area contributed by atoms with Gasteiger partial charge in [0.2, 0.25) is 0 Å². The Balaban J connectivity index is 1.68. The average Bonchev–Trinajstić information content (AvgIpc) is 3.08. The minimum Gasteiger partial charge on any atom is -0.314 e. The fraction of sp³-hybridized carbons (Fsp3) is 0.300. The van der Waals surface area contributed by atoms with Crippen LogP contribution in [0.2, 0.25) is 10.0 Å². The van der Waals surface area contributed by atoms with Gasteiger partial charge in [-0.25, -0.2) is 8.42 Å². The average molecular weight is 469 g/mol. The molecule has 0 N–H and O–H groups in total. The molecule has 2 aromatic carbocycles. The summed E-state index contributed by atoms with van der Waals surface area (Å²) in [5.41, 5.74) is 2.53. The molecule has 4 rings (SSSR count). The first-order valence-electron chi connectivity index (χ1n) is 9.00. The molecule has 2 fully saturated rings. The zero-order valence-electron chi connectivity index (χ0n) is 15.5. The van der Waals surface area contributed by atoms with E-state index >= 15 is 0 Å². The lowest BCUT2D eigenvalue weighted by Crippen LogP contribution is -2.38. The largest absolute Gasteiger partial charge is 0.314 e. The number of hydrogen-bond acceptors (Lipinski definition) is 4. The van der Waals surface area contributed by atoms with E-state index in [4.69, 9.17) is 23.2 Å². The standard InChI is InChI=1S/C20H18Cl2N2O3S2/c1-12-3-2-4-13(7-12)8-19(25)23-20-24(16-9-14(21)5-6-15(16)22)17-10-29(26,27)11-18(17)28-20/h2-7,9,17-18H,8,10-11H2,1H3/t17-,18+/m1/s1. The second kappa shape index (κ2) is 7.95. The molecule has 0 unspecified atom stereocenters. The number of aliphatic imine (C=N–C) groups is 1. The van der Waals surface area contributed by atoms with Crippen LogP contribution >= 0.6 is 35.0 Å². The smallest absolute Gasteiger partial charge is 0.252 e. The van der Waals surface area contributed by atoms with Crippen LogP contribution in [-0.2, 0) is 21.1 Å². The normalized spacial score (nSPS) is 24.1. The van der Waals surface area contributed by atoms with Gasteiger partial charge >= 0.3 is 0 Å². The van der Waals surface area contributed by atoms with Crippen LogP contribution in [0.5, 0.6) is 0 Å². The van der Waals surface area contributed by atoms with Crippen LogP contribution in [0.15, 0.2) is 47.5 Å². The van der Waals surface area contributed by atoms with E-state index in [1.54, 1.807) is 23.1 Å². The first-order chi connectivity index (χ1) is 13.7. The molecule has 5 nitrogen and oxygen atoms in total. The van der Waals surface area contributed by atoms with Gasteiger partial charge in [-0.15, -0.1) is 0 Å². The number of carbonyl (C=O) groups is 1. The Morgan fingerprint density at radius 2 is 2.00 bits per heavy atom. The third kappa shape index (κ3) is 4.48. The summed E-state index contributed by atoms with van der Waals surface area (Å²) in [6.07, 6.45) is 0.177. The van der Waals surface area contributed by atoms with Gasteiger partial charge < -0.3 is 4.90 Å². The number of sulfone groups is 1. The molecular weight excluding hydrogens is 451 g/mol. The van der Waals surface area contributed by atoms with Gasteiger partial charge in [0, 0.05) is 10.3 Å². The fourth-order valence-corrected chi connectivity index (χ4v) is 7.96. The summed E-state index contributed by atoms with van der Waals surface area (Å²) in [6, 6.07) is 12.4. The Hall–Kier alpha value is -1.54. The summed E-state index contributed by atoms with van der Waals surface area (Å²) in [5.74, 6) is -0.232. The molecule has 152 valence electrons. The first-order valence-corrected chi connectivity index (χ1v) is 12.5. The molecule has 0 saturated carbocycles. The van der Waals surface area contributed by atoms with Crippen LogP contribution in [0.25, 0.3) is 0 Å². The van der Waals surface area contributed by atoms with Crippen LogP contribution in [-0.4, -0.2) is 42.3 Å². The summed E-state index contributed by atoms with van der Waals surface area (Å²) >= 11 is 13.9. The number of fused-ring (bicyclic) bond motifs is 1. The molecule has 29 heavy (non-hydrogen) atoms. The summed E-state index contributed by atoms with van der Waals surface area (Å²) in [6.45, 7) is 1.97. The predicted octanol–water partition coefficient (Wildman–Crippen LogP) is 4.15. The minimum absolute atomic E-state index is 0.00139. The van der Waals surface area contributed by atoms with Crippen molar-refractivity contribution in [2.45, 2.75) is 24.6 Å². The lowest BCUT2D eigenvalue weighted by Gasteiger charge is -2.25. The highest BCUT2D eigenvalue weighted by Gasteiger charge is 2.49. The molecule has 1 amide bonds. The number of nitrogens with zero attached hydrogens (tertiary/aromatic N) is 2. The summed E-state index contributed by atoms with van der Waals surface area (Å²) < 4.78 is 24.3. The fourth-order valence-electron chi connectivity index (χ4n) is 3.66. The summed E-state index contributed by atoms with van der Waals surface area (Å²) in [7, 11) is -3.15. The number of carbonyl (C=O) groups excluding carboxylic acids is 1. The Labute approximate surface area is 184 Å². The van der Waals surface area contributed by atoms with E-state index < -0.39 is 9.84 Å². The monoisotopic (exact) mass is 468 g/mol. The number of thioether (sulfide) groups is 1. The maximum atomic E-state index is 12.7. The molecule has 0 aromatic heterocycles. The molecule has 2 saturated heterocycles. The Morgan fingerprint density at radius 3 is 2.76 bits per heavy atom. The van der Waals surface area contributed by atoms with Gasteiger partial charge in [0.1, 0.15) is 0 Å². The van der Waals surface area contributed by atoms with Gasteiger partial charge in [0.15, 0.2) is 15.0 Å². The first kappa shape index (κ1) is 20.7. The SMILES string of the molecule is Cc1cccc(CC(=O)N=C2S[C@H]3CS(=O)(=O)C[C@H]3N2c2cc(Cl)ccc2Cl)c1. The zero-order valence-corrected chi connectivity index (χ0v) is 18.7. The molecule has 0 bridgehead atoms. The molecule has 9 heteroatoms. The second-order valence-electron chi connectivity index (χ2n) is 7.22. The van der Waals surface area contributed by atoms with Gasteiger partial charge in [-0.3, -0.25) is 4.79 Å².